The second-order valence-electron chi connectivity index (χ2n) is 6.30. The molecule has 140 valence electrons. The van der Waals surface area contributed by atoms with Crippen LogP contribution < -0.4 is 10.1 Å². The average molecular weight is 381 g/mol. The van der Waals surface area contributed by atoms with E-state index in [9.17, 15) is 4.79 Å². The molecule has 1 heterocycles. The number of aromatic nitrogens is 1. The van der Waals surface area contributed by atoms with Gasteiger partial charge in [-0.15, -0.1) is 11.3 Å². The number of anilines is 1. The molecule has 1 N–H and O–H groups in total. The molecule has 3 rings (SSSR count). The molecule has 2 aromatic carbocycles. The average Bonchev–Trinajstić information content (AvgIpc) is 3.16. The molecule has 0 spiro atoms. The molecule has 0 fully saturated rings. The Morgan fingerprint density at radius 1 is 1.11 bits per heavy atom. The maximum Gasteiger partial charge on any atom is 0.226 e. The molecule has 0 aliphatic carbocycles. The van der Waals surface area contributed by atoms with Gasteiger partial charge >= 0.3 is 0 Å². The summed E-state index contributed by atoms with van der Waals surface area (Å²) in [5.74, 6) is 0.813. The zero-order chi connectivity index (χ0) is 18.9. The normalized spacial score (nSPS) is 10.6. The van der Waals surface area contributed by atoms with Crippen LogP contribution in [0.5, 0.6) is 5.75 Å². The quantitative estimate of drug-likeness (QED) is 0.494. The van der Waals surface area contributed by atoms with E-state index in [1.165, 1.54) is 16.9 Å². The molecule has 0 bridgehead atoms. The van der Waals surface area contributed by atoms with Crippen molar-refractivity contribution in [2.45, 2.75) is 32.6 Å². The molecule has 5 heteroatoms. The fourth-order valence-corrected chi connectivity index (χ4v) is 3.45. The van der Waals surface area contributed by atoms with Gasteiger partial charge in [0.1, 0.15) is 5.75 Å². The lowest BCUT2D eigenvalue weighted by Crippen LogP contribution is -2.12. The van der Waals surface area contributed by atoms with Crippen molar-refractivity contribution in [3.05, 3.63) is 65.5 Å². The first kappa shape index (κ1) is 19.1. The van der Waals surface area contributed by atoms with Crippen LogP contribution in [0.1, 0.15) is 31.7 Å². The highest BCUT2D eigenvalue weighted by atomic mass is 32.1. The molecule has 0 saturated carbocycles. The van der Waals surface area contributed by atoms with Gasteiger partial charge in [0.05, 0.1) is 12.3 Å². The molecule has 0 unspecified atom stereocenters. The zero-order valence-electron chi connectivity index (χ0n) is 15.5. The third-order valence-electron chi connectivity index (χ3n) is 4.10. The summed E-state index contributed by atoms with van der Waals surface area (Å²) in [6, 6.07) is 18.1. The van der Waals surface area contributed by atoms with Crippen molar-refractivity contribution in [3.63, 3.8) is 0 Å². The van der Waals surface area contributed by atoms with E-state index in [0.717, 1.165) is 29.8 Å². The summed E-state index contributed by atoms with van der Waals surface area (Å²) in [6.07, 6.45) is 3.30. The molecule has 0 saturated heterocycles. The number of carbonyl (C=O) groups excluding carboxylic acids is 1. The van der Waals surface area contributed by atoms with Gasteiger partial charge < -0.3 is 10.1 Å². The maximum absolute atomic E-state index is 12.1. The lowest BCUT2D eigenvalue weighted by atomic mass is 10.1. The number of aryl methyl sites for hydroxylation is 1. The third kappa shape index (κ3) is 5.93. The highest BCUT2D eigenvalue weighted by Crippen LogP contribution is 2.24. The minimum absolute atomic E-state index is 0.0362. The number of carbonyl (C=O) groups is 1. The van der Waals surface area contributed by atoms with Gasteiger partial charge in [0, 0.05) is 17.4 Å². The Morgan fingerprint density at radius 2 is 1.89 bits per heavy atom. The SMILES string of the molecule is CCCc1ccc(OCCCC(=O)Nc2nc(-c3ccccc3)cs2)cc1. The van der Waals surface area contributed by atoms with Gasteiger partial charge in [-0.1, -0.05) is 55.8 Å². The number of ether oxygens (including phenoxy) is 1. The molecule has 0 aliphatic heterocycles. The van der Waals surface area contributed by atoms with Crippen molar-refractivity contribution in [1.82, 2.24) is 4.98 Å². The Balaban J connectivity index is 1.39. The number of benzene rings is 2. The van der Waals surface area contributed by atoms with Crippen LogP contribution in [0.15, 0.2) is 60.0 Å². The van der Waals surface area contributed by atoms with Gasteiger partial charge in [0.25, 0.3) is 0 Å². The molecule has 1 aromatic heterocycles. The van der Waals surface area contributed by atoms with Crippen LogP contribution in [-0.4, -0.2) is 17.5 Å². The van der Waals surface area contributed by atoms with Gasteiger partial charge in [-0.2, -0.15) is 0 Å². The summed E-state index contributed by atoms with van der Waals surface area (Å²) in [6.45, 7) is 2.69. The van der Waals surface area contributed by atoms with Crippen molar-refractivity contribution < 1.29 is 9.53 Å². The van der Waals surface area contributed by atoms with E-state index in [2.05, 4.69) is 29.4 Å². The Kier molecular flexibility index (Phi) is 6.99. The molecule has 4 nitrogen and oxygen atoms in total. The molecule has 27 heavy (non-hydrogen) atoms. The van der Waals surface area contributed by atoms with Crippen molar-refractivity contribution in [1.29, 1.82) is 0 Å². The number of thiazole rings is 1. The molecule has 1 amide bonds. The number of hydrogen-bond donors (Lipinski definition) is 1. The fourth-order valence-electron chi connectivity index (χ4n) is 2.72. The van der Waals surface area contributed by atoms with Gasteiger partial charge in [-0.25, -0.2) is 4.98 Å². The standard InChI is InChI=1S/C22H24N2O2S/c1-2-7-17-11-13-19(14-12-17)26-15-6-10-21(25)24-22-23-20(16-27-22)18-8-4-3-5-9-18/h3-5,8-9,11-14,16H,2,6-7,10,15H2,1H3,(H,23,24,25). The van der Waals surface area contributed by atoms with E-state index >= 15 is 0 Å². The molecule has 0 radical (unpaired) electrons. The lowest BCUT2D eigenvalue weighted by molar-refractivity contribution is -0.116. The summed E-state index contributed by atoms with van der Waals surface area (Å²) in [7, 11) is 0. The van der Waals surface area contributed by atoms with E-state index < -0.39 is 0 Å². The van der Waals surface area contributed by atoms with Crippen LogP contribution in [0, 0.1) is 0 Å². The summed E-state index contributed by atoms with van der Waals surface area (Å²) in [5.41, 5.74) is 3.25. The van der Waals surface area contributed by atoms with Gasteiger partial charge in [-0.05, 0) is 30.5 Å². The Labute approximate surface area is 164 Å². The predicted octanol–water partition coefficient (Wildman–Crippen LogP) is 5.56. The third-order valence-corrected chi connectivity index (χ3v) is 4.86. The number of nitrogens with zero attached hydrogens (tertiary/aromatic N) is 1. The first-order valence-corrected chi connectivity index (χ1v) is 10.1. The Morgan fingerprint density at radius 3 is 2.63 bits per heavy atom. The first-order valence-electron chi connectivity index (χ1n) is 9.27. The van der Waals surface area contributed by atoms with Crippen molar-refractivity contribution in [2.75, 3.05) is 11.9 Å². The number of hydrogen-bond acceptors (Lipinski definition) is 4. The highest BCUT2D eigenvalue weighted by Gasteiger charge is 2.08. The molecular formula is C22H24N2O2S. The smallest absolute Gasteiger partial charge is 0.226 e. The number of nitrogens with one attached hydrogen (secondary N) is 1. The minimum atomic E-state index is -0.0362. The van der Waals surface area contributed by atoms with Crippen LogP contribution in [0.3, 0.4) is 0 Å². The van der Waals surface area contributed by atoms with Crippen LogP contribution >= 0.6 is 11.3 Å². The van der Waals surface area contributed by atoms with Crippen LogP contribution in [0.4, 0.5) is 5.13 Å². The minimum Gasteiger partial charge on any atom is -0.494 e. The van der Waals surface area contributed by atoms with Gasteiger partial charge in [-0.3, -0.25) is 4.79 Å². The highest BCUT2D eigenvalue weighted by molar-refractivity contribution is 7.14. The second-order valence-corrected chi connectivity index (χ2v) is 7.16. The topological polar surface area (TPSA) is 51.2 Å². The zero-order valence-corrected chi connectivity index (χ0v) is 16.3. The maximum atomic E-state index is 12.1. The van der Waals surface area contributed by atoms with Crippen LogP contribution in [0.2, 0.25) is 0 Å². The molecule has 3 aromatic rings. The Hall–Kier alpha value is -2.66. The van der Waals surface area contributed by atoms with Crippen LogP contribution in [0.25, 0.3) is 11.3 Å². The first-order chi connectivity index (χ1) is 13.2. The van der Waals surface area contributed by atoms with Gasteiger partial charge in [0.2, 0.25) is 5.91 Å². The number of rotatable bonds is 9. The lowest BCUT2D eigenvalue weighted by Gasteiger charge is -2.07. The van der Waals surface area contributed by atoms with E-state index in [1.807, 2.05) is 47.8 Å². The van der Waals surface area contributed by atoms with Crippen LogP contribution in [-0.2, 0) is 11.2 Å². The van der Waals surface area contributed by atoms with E-state index in [1.54, 1.807) is 0 Å². The fraction of sp³-hybridized carbons (Fsp3) is 0.273. The summed E-state index contributed by atoms with van der Waals surface area (Å²) < 4.78 is 5.71. The molecule has 0 aliphatic rings. The monoisotopic (exact) mass is 380 g/mol. The Bertz CT molecular complexity index is 844. The molecular weight excluding hydrogens is 356 g/mol. The van der Waals surface area contributed by atoms with Crippen molar-refractivity contribution in [3.8, 4) is 17.0 Å². The van der Waals surface area contributed by atoms with E-state index in [0.29, 0.717) is 24.6 Å². The van der Waals surface area contributed by atoms with Crippen molar-refractivity contribution in [2.24, 2.45) is 0 Å². The summed E-state index contributed by atoms with van der Waals surface area (Å²) >= 11 is 1.44. The largest absolute Gasteiger partial charge is 0.494 e. The molecule has 0 atom stereocenters. The second kappa shape index (κ2) is 9.88. The van der Waals surface area contributed by atoms with E-state index in [-0.39, 0.29) is 5.91 Å². The number of amides is 1. The van der Waals surface area contributed by atoms with Gasteiger partial charge in [0.15, 0.2) is 5.13 Å². The summed E-state index contributed by atoms with van der Waals surface area (Å²) in [5, 5.41) is 5.45. The predicted molar refractivity (Wildman–Crippen MR) is 111 cm³/mol. The van der Waals surface area contributed by atoms with E-state index in [4.69, 9.17) is 4.74 Å². The van der Waals surface area contributed by atoms with Crippen molar-refractivity contribution >= 4 is 22.4 Å². The summed E-state index contributed by atoms with van der Waals surface area (Å²) in [4.78, 5) is 16.6.